The van der Waals surface area contributed by atoms with Crippen LogP contribution in [0.1, 0.15) is 45.1 Å². The van der Waals surface area contributed by atoms with Gasteiger partial charge in [0.05, 0.1) is 10.5 Å². The van der Waals surface area contributed by atoms with Crippen LogP contribution in [0.25, 0.3) is 0 Å². The quantitative estimate of drug-likeness (QED) is 0.656. The Morgan fingerprint density at radius 1 is 1.43 bits per heavy atom. The molecule has 0 saturated carbocycles. The molecule has 1 aromatic rings. The number of hydrogen-bond acceptors (Lipinski definition) is 4. The van der Waals surface area contributed by atoms with Crippen LogP contribution in [0.3, 0.4) is 0 Å². The summed E-state index contributed by atoms with van der Waals surface area (Å²) in [7, 11) is 0. The fourth-order valence-corrected chi connectivity index (χ4v) is 3.03. The van der Waals surface area contributed by atoms with E-state index in [2.05, 4.69) is 19.2 Å². The van der Waals surface area contributed by atoms with Crippen LogP contribution in [0.2, 0.25) is 0 Å². The zero-order chi connectivity index (χ0) is 15.5. The first-order chi connectivity index (χ1) is 9.99. The van der Waals surface area contributed by atoms with Crippen molar-refractivity contribution in [3.8, 4) is 0 Å². The van der Waals surface area contributed by atoms with E-state index in [1.165, 1.54) is 0 Å². The van der Waals surface area contributed by atoms with Gasteiger partial charge in [-0.3, -0.25) is 10.1 Å². The van der Waals surface area contributed by atoms with Gasteiger partial charge in [-0.2, -0.15) is 0 Å². The molecule has 5 nitrogen and oxygen atoms in total. The van der Waals surface area contributed by atoms with E-state index in [9.17, 15) is 10.1 Å². The number of nitrogens with one attached hydrogen (secondary N) is 1. The number of benzene rings is 1. The van der Waals surface area contributed by atoms with Crippen molar-refractivity contribution in [2.75, 3.05) is 11.9 Å². The average molecular weight is 292 g/mol. The summed E-state index contributed by atoms with van der Waals surface area (Å²) in [4.78, 5) is 10.9. The number of ether oxygens (including phenoxy) is 1. The van der Waals surface area contributed by atoms with Gasteiger partial charge in [-0.15, -0.1) is 0 Å². The number of aryl methyl sites for hydroxylation is 1. The Kier molecular flexibility index (Phi) is 4.83. The smallest absolute Gasteiger partial charge is 0.292 e. The first kappa shape index (κ1) is 15.8. The monoisotopic (exact) mass is 292 g/mol. The number of hydrogen-bond donors (Lipinski definition) is 1. The van der Waals surface area contributed by atoms with E-state index in [4.69, 9.17) is 4.74 Å². The third-order valence-electron chi connectivity index (χ3n) is 4.49. The highest BCUT2D eigenvalue weighted by Crippen LogP contribution is 2.34. The van der Waals surface area contributed by atoms with Gasteiger partial charge in [-0.05, 0) is 44.2 Å². The van der Waals surface area contributed by atoms with Gasteiger partial charge in [0.1, 0.15) is 5.69 Å². The largest absolute Gasteiger partial charge is 0.377 e. The lowest BCUT2D eigenvalue weighted by atomic mass is 9.86. The van der Waals surface area contributed by atoms with Crippen molar-refractivity contribution in [3.05, 3.63) is 33.9 Å². The minimum atomic E-state index is -0.318. The summed E-state index contributed by atoms with van der Waals surface area (Å²) in [6, 6.07) is 5.55. The van der Waals surface area contributed by atoms with Crippen molar-refractivity contribution in [2.24, 2.45) is 0 Å². The molecule has 0 aromatic heterocycles. The number of anilines is 1. The van der Waals surface area contributed by atoms with Crippen LogP contribution in [0.15, 0.2) is 18.2 Å². The van der Waals surface area contributed by atoms with Crippen molar-refractivity contribution >= 4 is 11.4 Å². The van der Waals surface area contributed by atoms with Crippen molar-refractivity contribution < 1.29 is 9.66 Å². The van der Waals surface area contributed by atoms with E-state index in [1.807, 2.05) is 19.1 Å². The zero-order valence-electron chi connectivity index (χ0n) is 13.0. The second-order valence-corrected chi connectivity index (χ2v) is 5.85. The Morgan fingerprint density at radius 3 is 2.76 bits per heavy atom. The third-order valence-corrected chi connectivity index (χ3v) is 4.49. The summed E-state index contributed by atoms with van der Waals surface area (Å²) < 4.78 is 5.95. The van der Waals surface area contributed by atoms with Crippen molar-refractivity contribution in [2.45, 2.75) is 58.1 Å². The lowest BCUT2D eigenvalue weighted by Crippen LogP contribution is -2.43. The fraction of sp³-hybridized carbons (Fsp3) is 0.625. The minimum Gasteiger partial charge on any atom is -0.377 e. The van der Waals surface area contributed by atoms with Gasteiger partial charge < -0.3 is 10.1 Å². The Hall–Kier alpha value is -1.62. The van der Waals surface area contributed by atoms with Gasteiger partial charge in [0, 0.05) is 18.7 Å². The van der Waals surface area contributed by atoms with Crippen LogP contribution in [0.4, 0.5) is 11.4 Å². The maximum atomic E-state index is 11.2. The summed E-state index contributed by atoms with van der Waals surface area (Å²) in [5.74, 6) is 0. The molecule has 21 heavy (non-hydrogen) atoms. The summed E-state index contributed by atoms with van der Waals surface area (Å²) in [5, 5.41) is 14.6. The van der Waals surface area contributed by atoms with E-state index in [0.29, 0.717) is 12.3 Å². The molecule has 0 aliphatic carbocycles. The maximum Gasteiger partial charge on any atom is 0.292 e. The molecule has 1 fully saturated rings. The number of nitrogens with zero attached hydrogens (tertiary/aromatic N) is 1. The topological polar surface area (TPSA) is 64.4 Å². The van der Waals surface area contributed by atoms with E-state index >= 15 is 0 Å². The molecular formula is C16H24N2O3. The Morgan fingerprint density at radius 2 is 2.14 bits per heavy atom. The van der Waals surface area contributed by atoms with Crippen molar-refractivity contribution in [1.29, 1.82) is 0 Å². The predicted octanol–water partition coefficient (Wildman–Crippen LogP) is 4.05. The van der Waals surface area contributed by atoms with Gasteiger partial charge in [0.2, 0.25) is 0 Å². The summed E-state index contributed by atoms with van der Waals surface area (Å²) >= 11 is 0. The molecule has 1 N–H and O–H groups in total. The predicted molar refractivity (Wildman–Crippen MR) is 83.7 cm³/mol. The molecule has 1 aromatic carbocycles. The Balaban J connectivity index is 2.16. The minimum absolute atomic E-state index is 0.0879. The molecule has 1 aliphatic heterocycles. The lowest BCUT2D eigenvalue weighted by Gasteiger charge is -2.40. The number of nitro groups is 1. The average Bonchev–Trinajstić information content (AvgIpc) is 2.49. The highest BCUT2D eigenvalue weighted by molar-refractivity contribution is 5.63. The van der Waals surface area contributed by atoms with Gasteiger partial charge >= 0.3 is 0 Å². The van der Waals surface area contributed by atoms with E-state index in [0.717, 1.165) is 31.2 Å². The molecule has 1 aliphatic rings. The van der Waals surface area contributed by atoms with E-state index in [1.54, 1.807) is 6.07 Å². The first-order valence-corrected chi connectivity index (χ1v) is 7.65. The van der Waals surface area contributed by atoms with Gasteiger partial charge in [-0.25, -0.2) is 0 Å². The maximum absolute atomic E-state index is 11.2. The lowest BCUT2D eigenvalue weighted by molar-refractivity contribution is -0.384. The fourth-order valence-electron chi connectivity index (χ4n) is 3.03. The normalized spacial score (nSPS) is 21.0. The molecule has 0 amide bonds. The highest BCUT2D eigenvalue weighted by Gasteiger charge is 2.35. The van der Waals surface area contributed by atoms with Gasteiger partial charge in [-0.1, -0.05) is 19.9 Å². The number of rotatable bonds is 5. The molecular weight excluding hydrogens is 268 g/mol. The van der Waals surface area contributed by atoms with Gasteiger partial charge in [0.25, 0.3) is 5.69 Å². The van der Waals surface area contributed by atoms with E-state index < -0.39 is 0 Å². The third kappa shape index (κ3) is 3.53. The first-order valence-electron chi connectivity index (χ1n) is 7.65. The van der Waals surface area contributed by atoms with Crippen LogP contribution in [0, 0.1) is 17.0 Å². The van der Waals surface area contributed by atoms with Gasteiger partial charge in [0.15, 0.2) is 0 Å². The molecule has 0 spiro atoms. The Labute approximate surface area is 125 Å². The molecule has 116 valence electrons. The second-order valence-electron chi connectivity index (χ2n) is 5.85. The molecule has 1 heterocycles. The molecule has 2 rings (SSSR count). The van der Waals surface area contributed by atoms with Crippen molar-refractivity contribution in [1.82, 2.24) is 0 Å². The summed E-state index contributed by atoms with van der Waals surface area (Å²) in [5.41, 5.74) is 1.57. The molecule has 1 saturated heterocycles. The van der Waals surface area contributed by atoms with Crippen LogP contribution in [-0.4, -0.2) is 23.2 Å². The van der Waals surface area contributed by atoms with Crippen LogP contribution < -0.4 is 5.32 Å². The van der Waals surface area contributed by atoms with Crippen molar-refractivity contribution in [3.63, 3.8) is 0 Å². The van der Waals surface area contributed by atoms with E-state index in [-0.39, 0.29) is 22.3 Å². The Bertz CT molecular complexity index is 512. The molecule has 5 heteroatoms. The van der Waals surface area contributed by atoms with Crippen LogP contribution in [-0.2, 0) is 4.74 Å². The molecule has 0 radical (unpaired) electrons. The molecule has 0 bridgehead atoms. The second kappa shape index (κ2) is 6.43. The molecule has 1 atom stereocenters. The van der Waals surface area contributed by atoms with Crippen LogP contribution in [0.5, 0.6) is 0 Å². The summed E-state index contributed by atoms with van der Waals surface area (Å²) in [6.07, 6.45) is 3.72. The summed E-state index contributed by atoms with van der Waals surface area (Å²) in [6.45, 7) is 6.85. The standard InChI is InChI=1S/C16H24N2O3/c1-4-16(5-2)11-13(8-9-21-16)17-14-7-6-12(3)10-15(14)18(19)20/h6-7,10,13,17H,4-5,8-9,11H2,1-3H3. The number of nitro benzene ring substituents is 1. The SMILES string of the molecule is CCC1(CC)CC(Nc2ccc(C)cc2[N+](=O)[O-])CCO1. The zero-order valence-corrected chi connectivity index (χ0v) is 13.0. The molecule has 1 unspecified atom stereocenters. The van der Waals surface area contributed by atoms with Crippen LogP contribution >= 0.6 is 0 Å². The highest BCUT2D eigenvalue weighted by atomic mass is 16.6.